The molecular weight excluding hydrogens is 236 g/mol. The van der Waals surface area contributed by atoms with Crippen molar-refractivity contribution >= 4 is 6.16 Å². The molecule has 2 fully saturated rings. The number of carboxylic acid groups (broad SMARTS) is 2. The number of carbonyl (C=O) groups is 1. The molecule has 0 aromatic rings. The standard InChI is InChI=1S/C12H22O2.CH2O3/c1-3-7-11(8-4-1)13-14-12-9-5-2-6-10-12;2-1(3)4/h11-12H,1-10H2;(H2,2,3,4)/p-2. The molecule has 106 valence electrons. The minimum Gasteiger partial charge on any atom is -0.652 e. The zero-order chi connectivity index (χ0) is 13.2. The molecule has 0 aromatic carbocycles. The minimum absolute atomic E-state index is 0.394. The first-order valence-electron chi connectivity index (χ1n) is 6.88. The Labute approximate surface area is 108 Å². The molecular formula is C13H22O5-2. The van der Waals surface area contributed by atoms with E-state index >= 15 is 0 Å². The monoisotopic (exact) mass is 258 g/mol. The van der Waals surface area contributed by atoms with Gasteiger partial charge in [0.1, 0.15) is 0 Å². The van der Waals surface area contributed by atoms with Crippen LogP contribution in [0.2, 0.25) is 0 Å². The van der Waals surface area contributed by atoms with Gasteiger partial charge in [0.05, 0.1) is 12.2 Å². The van der Waals surface area contributed by atoms with Crippen LogP contribution >= 0.6 is 0 Å². The molecule has 2 aliphatic carbocycles. The molecule has 2 saturated carbocycles. The van der Waals surface area contributed by atoms with Crippen molar-refractivity contribution in [2.24, 2.45) is 0 Å². The van der Waals surface area contributed by atoms with E-state index in [2.05, 4.69) is 0 Å². The van der Waals surface area contributed by atoms with Gasteiger partial charge in [0.25, 0.3) is 0 Å². The highest BCUT2D eigenvalue weighted by molar-refractivity contribution is 5.47. The van der Waals surface area contributed by atoms with E-state index in [1.54, 1.807) is 0 Å². The molecule has 0 heterocycles. The maximum atomic E-state index is 8.33. The lowest BCUT2D eigenvalue weighted by Gasteiger charge is -2.25. The average Bonchev–Trinajstić information content (AvgIpc) is 2.38. The molecule has 2 rings (SSSR count). The number of hydrogen-bond acceptors (Lipinski definition) is 5. The molecule has 0 amide bonds. The molecule has 18 heavy (non-hydrogen) atoms. The summed E-state index contributed by atoms with van der Waals surface area (Å²) in [7, 11) is 0. The van der Waals surface area contributed by atoms with Crippen molar-refractivity contribution in [2.75, 3.05) is 0 Å². The lowest BCUT2D eigenvalue weighted by Crippen LogP contribution is -2.37. The summed E-state index contributed by atoms with van der Waals surface area (Å²) in [5, 5.41) is 16.7. The van der Waals surface area contributed by atoms with Crippen molar-refractivity contribution in [3.8, 4) is 0 Å². The van der Waals surface area contributed by atoms with E-state index in [-0.39, 0.29) is 0 Å². The first-order valence-corrected chi connectivity index (χ1v) is 6.88. The van der Waals surface area contributed by atoms with Gasteiger partial charge in [-0.25, -0.2) is 9.78 Å². The van der Waals surface area contributed by atoms with E-state index in [4.69, 9.17) is 24.8 Å². The smallest absolute Gasteiger partial charge is 0.0930 e. The second kappa shape index (κ2) is 9.16. The molecule has 0 spiro atoms. The maximum absolute atomic E-state index is 8.33. The van der Waals surface area contributed by atoms with Crippen LogP contribution in [0, 0.1) is 0 Å². The molecule has 2 aliphatic rings. The van der Waals surface area contributed by atoms with Crippen LogP contribution in [0.5, 0.6) is 0 Å². The molecule has 0 unspecified atom stereocenters. The number of hydrogen-bond donors (Lipinski definition) is 0. The Morgan fingerprint density at radius 1 is 0.722 bits per heavy atom. The fourth-order valence-electron chi connectivity index (χ4n) is 2.48. The topological polar surface area (TPSA) is 81.7 Å². The molecule has 0 radical (unpaired) electrons. The van der Waals surface area contributed by atoms with Crippen LogP contribution in [0.4, 0.5) is 4.79 Å². The molecule has 0 bridgehead atoms. The Bertz CT molecular complexity index is 197. The third-order valence-electron chi connectivity index (χ3n) is 3.43. The third kappa shape index (κ3) is 7.50. The Kier molecular flexibility index (Phi) is 7.76. The lowest BCUT2D eigenvalue weighted by atomic mass is 9.98. The van der Waals surface area contributed by atoms with Crippen LogP contribution in [-0.2, 0) is 9.78 Å². The van der Waals surface area contributed by atoms with E-state index in [0.29, 0.717) is 12.2 Å². The van der Waals surface area contributed by atoms with Crippen LogP contribution in [0.1, 0.15) is 64.2 Å². The highest BCUT2D eigenvalue weighted by atomic mass is 17.2. The Hall–Kier alpha value is -0.810. The highest BCUT2D eigenvalue weighted by Crippen LogP contribution is 2.24. The van der Waals surface area contributed by atoms with E-state index in [1.807, 2.05) is 0 Å². The predicted octanol–water partition coefficient (Wildman–Crippen LogP) is 1.15. The van der Waals surface area contributed by atoms with Crippen LogP contribution in [0.25, 0.3) is 0 Å². The fraction of sp³-hybridized carbons (Fsp3) is 0.923. The fourth-order valence-corrected chi connectivity index (χ4v) is 2.48. The van der Waals surface area contributed by atoms with E-state index in [0.717, 1.165) is 0 Å². The van der Waals surface area contributed by atoms with Crippen molar-refractivity contribution in [1.29, 1.82) is 0 Å². The van der Waals surface area contributed by atoms with Gasteiger partial charge in [-0.15, -0.1) is 0 Å². The van der Waals surface area contributed by atoms with Crippen molar-refractivity contribution in [3.05, 3.63) is 0 Å². The zero-order valence-corrected chi connectivity index (χ0v) is 10.8. The van der Waals surface area contributed by atoms with Gasteiger partial charge in [0.15, 0.2) is 0 Å². The summed E-state index contributed by atoms with van der Waals surface area (Å²) in [5.41, 5.74) is 0. The number of carbonyl (C=O) groups excluding carboxylic acids is 1. The van der Waals surface area contributed by atoms with Gasteiger partial charge in [-0.05, 0) is 31.8 Å². The SMILES string of the molecule is C1CCC(OOC2CCCCC2)CC1.O=C([O-])[O-]. The quantitative estimate of drug-likeness (QED) is 0.560. The van der Waals surface area contributed by atoms with E-state index in [9.17, 15) is 0 Å². The van der Waals surface area contributed by atoms with Gasteiger partial charge in [0.2, 0.25) is 0 Å². The van der Waals surface area contributed by atoms with Gasteiger partial charge >= 0.3 is 0 Å². The molecule has 0 aromatic heterocycles. The van der Waals surface area contributed by atoms with Crippen molar-refractivity contribution < 1.29 is 24.8 Å². The normalized spacial score (nSPS) is 22.0. The van der Waals surface area contributed by atoms with E-state index < -0.39 is 6.16 Å². The molecule has 0 saturated heterocycles. The van der Waals surface area contributed by atoms with E-state index in [1.165, 1.54) is 64.2 Å². The van der Waals surface area contributed by atoms with Crippen molar-refractivity contribution in [3.63, 3.8) is 0 Å². The van der Waals surface area contributed by atoms with Gasteiger partial charge < -0.3 is 15.0 Å². The van der Waals surface area contributed by atoms with Crippen LogP contribution in [0.3, 0.4) is 0 Å². The summed E-state index contributed by atoms with van der Waals surface area (Å²) in [4.78, 5) is 19.4. The third-order valence-corrected chi connectivity index (χ3v) is 3.43. The summed E-state index contributed by atoms with van der Waals surface area (Å²) >= 11 is 0. The molecule has 0 aliphatic heterocycles. The zero-order valence-electron chi connectivity index (χ0n) is 10.8. The summed E-state index contributed by atoms with van der Waals surface area (Å²) in [5.74, 6) is 0. The second-order valence-corrected chi connectivity index (χ2v) is 4.96. The van der Waals surface area contributed by atoms with Crippen molar-refractivity contribution in [1.82, 2.24) is 0 Å². The summed E-state index contributed by atoms with van der Waals surface area (Å²) in [6.07, 6.45) is 11.3. The minimum atomic E-state index is -2.33. The van der Waals surface area contributed by atoms with Gasteiger partial charge in [-0.1, -0.05) is 38.5 Å². The first-order chi connectivity index (χ1) is 8.68. The van der Waals surface area contributed by atoms with Gasteiger partial charge in [-0.3, -0.25) is 0 Å². The Morgan fingerprint density at radius 2 is 1.00 bits per heavy atom. The highest BCUT2D eigenvalue weighted by Gasteiger charge is 2.19. The van der Waals surface area contributed by atoms with Gasteiger partial charge in [0, 0.05) is 0 Å². The summed E-state index contributed by atoms with van der Waals surface area (Å²) < 4.78 is 0. The number of rotatable bonds is 3. The molecule has 5 nitrogen and oxygen atoms in total. The average molecular weight is 258 g/mol. The summed E-state index contributed by atoms with van der Waals surface area (Å²) in [6.45, 7) is 0. The second-order valence-electron chi connectivity index (χ2n) is 4.96. The van der Waals surface area contributed by atoms with Gasteiger partial charge in [-0.2, -0.15) is 0 Å². The Balaban J connectivity index is 0.000000357. The maximum Gasteiger partial charge on any atom is 0.0930 e. The van der Waals surface area contributed by atoms with Crippen LogP contribution in [0.15, 0.2) is 0 Å². The van der Waals surface area contributed by atoms with Crippen LogP contribution < -0.4 is 10.2 Å². The first kappa shape index (κ1) is 15.2. The molecule has 0 atom stereocenters. The lowest BCUT2D eigenvalue weighted by molar-refractivity contribution is -0.415. The van der Waals surface area contributed by atoms with Crippen molar-refractivity contribution in [2.45, 2.75) is 76.4 Å². The predicted molar refractivity (Wildman–Crippen MR) is 61.3 cm³/mol. The Morgan fingerprint density at radius 3 is 1.28 bits per heavy atom. The largest absolute Gasteiger partial charge is 0.652 e. The summed E-state index contributed by atoms with van der Waals surface area (Å²) in [6, 6.07) is 0. The molecule has 5 heteroatoms. The van der Waals surface area contributed by atoms with Crippen LogP contribution in [-0.4, -0.2) is 18.4 Å². The molecule has 0 N–H and O–H groups in total.